The van der Waals surface area contributed by atoms with E-state index in [1.165, 1.54) is 0 Å². The van der Waals surface area contributed by atoms with Crippen LogP contribution in [0, 0.1) is 13.5 Å². The Morgan fingerprint density at radius 3 is 2.55 bits per heavy atom. The molecule has 4 heteroatoms. The van der Waals surface area contributed by atoms with E-state index in [-0.39, 0.29) is 0 Å². The summed E-state index contributed by atoms with van der Waals surface area (Å²) in [5.41, 5.74) is 4.22. The summed E-state index contributed by atoms with van der Waals surface area (Å²) in [5.74, 6) is 0.749. The van der Waals surface area contributed by atoms with Gasteiger partial charge in [-0.1, -0.05) is 29.4 Å². The molecule has 0 spiro atoms. The minimum absolute atomic E-state index is 0.616. The van der Waals surface area contributed by atoms with Crippen molar-refractivity contribution in [2.45, 2.75) is 6.92 Å². The predicted molar refractivity (Wildman–Crippen MR) is 76.2 cm³/mol. The van der Waals surface area contributed by atoms with Crippen LogP contribution in [0.25, 0.3) is 27.2 Å². The molecular formula is C16H11N3O. The smallest absolute Gasteiger partial charge is 0.187 e. The Hall–Kier alpha value is -2.93. The van der Waals surface area contributed by atoms with Crippen molar-refractivity contribution in [2.24, 2.45) is 0 Å². The van der Waals surface area contributed by atoms with Crippen LogP contribution in [0.5, 0.6) is 0 Å². The van der Waals surface area contributed by atoms with Gasteiger partial charge in [0.2, 0.25) is 0 Å². The van der Waals surface area contributed by atoms with Crippen molar-refractivity contribution in [3.05, 3.63) is 66.0 Å². The molecule has 2 aromatic heterocycles. The molecule has 0 bridgehead atoms. The first kappa shape index (κ1) is 12.1. The van der Waals surface area contributed by atoms with Crippen LogP contribution in [0.2, 0.25) is 0 Å². The van der Waals surface area contributed by atoms with Crippen molar-refractivity contribution in [1.82, 2.24) is 10.1 Å². The van der Waals surface area contributed by atoms with Crippen molar-refractivity contribution in [2.75, 3.05) is 0 Å². The van der Waals surface area contributed by atoms with Gasteiger partial charge in [-0.25, -0.2) is 4.85 Å². The lowest BCUT2D eigenvalue weighted by Crippen LogP contribution is -1.84. The fourth-order valence-electron chi connectivity index (χ4n) is 2.11. The fraction of sp³-hybridized carbons (Fsp3) is 0.0625. The molecule has 0 saturated carbocycles. The average molecular weight is 261 g/mol. The molecule has 0 saturated heterocycles. The molecule has 0 aliphatic carbocycles. The molecule has 3 aromatic rings. The summed E-state index contributed by atoms with van der Waals surface area (Å²) in [6.07, 6.45) is 3.48. The van der Waals surface area contributed by atoms with Crippen LogP contribution >= 0.6 is 0 Å². The molecule has 0 N–H and O–H groups in total. The van der Waals surface area contributed by atoms with E-state index in [0.717, 1.165) is 28.1 Å². The summed E-state index contributed by atoms with van der Waals surface area (Å²) in [6, 6.07) is 11.2. The van der Waals surface area contributed by atoms with Crippen LogP contribution in [-0.4, -0.2) is 10.1 Å². The summed E-state index contributed by atoms with van der Waals surface area (Å²) in [7, 11) is 0. The van der Waals surface area contributed by atoms with Gasteiger partial charge >= 0.3 is 0 Å². The highest BCUT2D eigenvalue weighted by molar-refractivity contribution is 5.82. The molecule has 1 aromatic carbocycles. The van der Waals surface area contributed by atoms with Crippen molar-refractivity contribution in [1.29, 1.82) is 0 Å². The van der Waals surface area contributed by atoms with Gasteiger partial charge in [-0.15, -0.1) is 0 Å². The first-order valence-corrected chi connectivity index (χ1v) is 6.14. The molecule has 4 nitrogen and oxygen atoms in total. The fourth-order valence-corrected chi connectivity index (χ4v) is 2.11. The van der Waals surface area contributed by atoms with E-state index in [1.807, 2.05) is 31.2 Å². The Labute approximate surface area is 116 Å². The highest BCUT2D eigenvalue weighted by Crippen LogP contribution is 2.34. The summed E-state index contributed by atoms with van der Waals surface area (Å²) >= 11 is 0. The maximum absolute atomic E-state index is 6.99. The van der Waals surface area contributed by atoms with Gasteiger partial charge in [0.05, 0.1) is 12.1 Å². The molecule has 3 rings (SSSR count). The third-order valence-corrected chi connectivity index (χ3v) is 3.08. The number of pyridine rings is 1. The topological polar surface area (TPSA) is 43.3 Å². The van der Waals surface area contributed by atoms with Crippen molar-refractivity contribution < 1.29 is 4.52 Å². The van der Waals surface area contributed by atoms with Gasteiger partial charge in [-0.05, 0) is 24.6 Å². The van der Waals surface area contributed by atoms with Crippen molar-refractivity contribution >= 4 is 5.69 Å². The maximum Gasteiger partial charge on any atom is 0.187 e. The molecule has 0 atom stereocenters. The van der Waals surface area contributed by atoms with Crippen LogP contribution in [0.3, 0.4) is 0 Å². The van der Waals surface area contributed by atoms with E-state index >= 15 is 0 Å². The Kier molecular flexibility index (Phi) is 3.02. The van der Waals surface area contributed by atoms with E-state index in [0.29, 0.717) is 5.69 Å². The summed E-state index contributed by atoms with van der Waals surface area (Å²) < 4.78 is 5.32. The quantitative estimate of drug-likeness (QED) is 0.647. The first-order chi connectivity index (χ1) is 9.79. The normalized spacial score (nSPS) is 10.2. The molecule has 0 amide bonds. The number of nitrogens with zero attached hydrogens (tertiary/aromatic N) is 3. The van der Waals surface area contributed by atoms with E-state index in [2.05, 4.69) is 15.0 Å². The number of rotatable bonds is 2. The van der Waals surface area contributed by atoms with E-state index in [4.69, 9.17) is 11.1 Å². The molecule has 96 valence electrons. The zero-order valence-electron chi connectivity index (χ0n) is 10.9. The van der Waals surface area contributed by atoms with Gasteiger partial charge in [0.15, 0.2) is 5.69 Å². The van der Waals surface area contributed by atoms with Crippen LogP contribution in [-0.2, 0) is 0 Å². The number of benzene rings is 1. The van der Waals surface area contributed by atoms with Crippen molar-refractivity contribution in [3.63, 3.8) is 0 Å². The largest absolute Gasteiger partial charge is 0.360 e. The van der Waals surface area contributed by atoms with E-state index in [1.54, 1.807) is 24.5 Å². The average Bonchev–Trinajstić information content (AvgIpc) is 2.90. The molecule has 0 unspecified atom stereocenters. The summed E-state index contributed by atoms with van der Waals surface area (Å²) in [5, 5.41) is 4.13. The predicted octanol–water partition coefficient (Wildman–Crippen LogP) is 4.26. The van der Waals surface area contributed by atoms with E-state index in [9.17, 15) is 0 Å². The van der Waals surface area contributed by atoms with Gasteiger partial charge in [0, 0.05) is 18.0 Å². The molecule has 20 heavy (non-hydrogen) atoms. The molecule has 0 fully saturated rings. The Bertz CT molecular complexity index is 768. The SMILES string of the molecule is [C-]#[N+]c1ccc(-c2c(-c3cccnc3)noc2C)cc1. The Balaban J connectivity index is 2.14. The minimum Gasteiger partial charge on any atom is -0.360 e. The molecule has 2 heterocycles. The second-order valence-corrected chi connectivity index (χ2v) is 4.36. The highest BCUT2D eigenvalue weighted by atomic mass is 16.5. The molecule has 0 radical (unpaired) electrons. The molecule has 0 aliphatic rings. The Morgan fingerprint density at radius 1 is 1.10 bits per heavy atom. The van der Waals surface area contributed by atoms with Gasteiger partial charge in [0.1, 0.15) is 11.5 Å². The third-order valence-electron chi connectivity index (χ3n) is 3.08. The van der Waals surface area contributed by atoms with Gasteiger partial charge < -0.3 is 4.52 Å². The second kappa shape index (κ2) is 4.98. The zero-order valence-corrected chi connectivity index (χ0v) is 10.9. The summed E-state index contributed by atoms with van der Waals surface area (Å²) in [4.78, 5) is 7.51. The second-order valence-electron chi connectivity index (χ2n) is 4.36. The zero-order chi connectivity index (χ0) is 13.9. The Morgan fingerprint density at radius 2 is 1.90 bits per heavy atom. The van der Waals surface area contributed by atoms with Crippen LogP contribution in [0.4, 0.5) is 5.69 Å². The lowest BCUT2D eigenvalue weighted by Gasteiger charge is -2.03. The number of hydrogen-bond acceptors (Lipinski definition) is 3. The lowest BCUT2D eigenvalue weighted by atomic mass is 10.0. The maximum atomic E-state index is 6.99. The monoisotopic (exact) mass is 261 g/mol. The number of hydrogen-bond donors (Lipinski definition) is 0. The number of aryl methyl sites for hydroxylation is 1. The van der Waals surface area contributed by atoms with Gasteiger partial charge in [-0.2, -0.15) is 0 Å². The van der Waals surface area contributed by atoms with Gasteiger partial charge in [0.25, 0.3) is 0 Å². The summed E-state index contributed by atoms with van der Waals surface area (Å²) in [6.45, 7) is 8.87. The minimum atomic E-state index is 0.616. The number of aromatic nitrogens is 2. The molecular weight excluding hydrogens is 250 g/mol. The van der Waals surface area contributed by atoms with Gasteiger partial charge in [-0.3, -0.25) is 4.98 Å². The van der Waals surface area contributed by atoms with Crippen LogP contribution in [0.15, 0.2) is 53.3 Å². The van der Waals surface area contributed by atoms with Crippen LogP contribution < -0.4 is 0 Å². The van der Waals surface area contributed by atoms with E-state index < -0.39 is 0 Å². The first-order valence-electron chi connectivity index (χ1n) is 6.14. The molecule has 0 aliphatic heterocycles. The van der Waals surface area contributed by atoms with Crippen LogP contribution in [0.1, 0.15) is 5.76 Å². The highest BCUT2D eigenvalue weighted by Gasteiger charge is 2.16. The standard InChI is InChI=1S/C16H11N3O/c1-11-15(12-5-7-14(17-2)8-6-12)16(19-20-11)13-4-3-9-18-10-13/h3-10H,1H3. The lowest BCUT2D eigenvalue weighted by molar-refractivity contribution is 0.400. The van der Waals surface area contributed by atoms with Crippen molar-refractivity contribution in [3.8, 4) is 22.4 Å². The third kappa shape index (κ3) is 2.06.